The van der Waals surface area contributed by atoms with Crippen LogP contribution >= 0.6 is 0 Å². The Bertz CT molecular complexity index is 621. The number of carbonyl (C=O) groups is 1. The molecule has 0 radical (unpaired) electrons. The van der Waals surface area contributed by atoms with Crippen molar-refractivity contribution in [3.8, 4) is 0 Å². The number of alkyl carbamates (subject to hydrolysis) is 1. The van der Waals surface area contributed by atoms with Crippen molar-refractivity contribution >= 4 is 22.0 Å². The fourth-order valence-corrected chi connectivity index (χ4v) is 2.08. The Hall–Kier alpha value is -1.80. The number of carbonyl (C=O) groups excluding carboxylic acids is 1. The standard InChI is InChI=1S/C14H23N3O4S/c1-14(2,3)21-13(18)15-10-11-7-6-8-12(9-11)16-22(19,20)17(4)5/h6-9,16H,10H2,1-5H3,(H,15,18). The maximum atomic E-state index is 11.8. The van der Waals surface area contributed by atoms with Gasteiger partial charge in [0.25, 0.3) is 0 Å². The molecule has 0 bridgehead atoms. The number of hydrogen-bond acceptors (Lipinski definition) is 4. The first-order valence-electron chi connectivity index (χ1n) is 6.76. The Morgan fingerprint density at radius 2 is 1.91 bits per heavy atom. The summed E-state index contributed by atoms with van der Waals surface area (Å²) in [5.74, 6) is 0. The molecule has 22 heavy (non-hydrogen) atoms. The van der Waals surface area contributed by atoms with Gasteiger partial charge in [-0.25, -0.2) is 4.79 Å². The van der Waals surface area contributed by atoms with E-state index in [1.807, 2.05) is 0 Å². The summed E-state index contributed by atoms with van der Waals surface area (Å²) in [7, 11) is -0.671. The molecular weight excluding hydrogens is 306 g/mol. The van der Waals surface area contributed by atoms with Crippen molar-refractivity contribution in [2.75, 3.05) is 18.8 Å². The number of ether oxygens (including phenoxy) is 1. The Labute approximate surface area is 131 Å². The Kier molecular flexibility index (Phi) is 5.78. The number of nitrogens with zero attached hydrogens (tertiary/aromatic N) is 1. The number of rotatable bonds is 5. The quantitative estimate of drug-likeness (QED) is 0.864. The van der Waals surface area contributed by atoms with Crippen LogP contribution in [0.5, 0.6) is 0 Å². The molecule has 0 atom stereocenters. The molecule has 0 aliphatic heterocycles. The van der Waals surface area contributed by atoms with Crippen molar-refractivity contribution in [3.05, 3.63) is 29.8 Å². The molecule has 8 heteroatoms. The average Bonchev–Trinajstić information content (AvgIpc) is 2.34. The minimum absolute atomic E-state index is 0.243. The third-order valence-corrected chi connectivity index (χ3v) is 3.95. The van der Waals surface area contributed by atoms with Crippen LogP contribution in [0.3, 0.4) is 0 Å². The van der Waals surface area contributed by atoms with Gasteiger partial charge in [-0.3, -0.25) is 4.72 Å². The highest BCUT2D eigenvalue weighted by Gasteiger charge is 2.16. The summed E-state index contributed by atoms with van der Waals surface area (Å²) < 4.78 is 32.2. The van der Waals surface area contributed by atoms with Gasteiger partial charge in [0.15, 0.2) is 0 Å². The van der Waals surface area contributed by atoms with E-state index < -0.39 is 21.9 Å². The maximum absolute atomic E-state index is 11.8. The van der Waals surface area contributed by atoms with Crippen LogP contribution in [-0.2, 0) is 21.5 Å². The smallest absolute Gasteiger partial charge is 0.407 e. The number of amides is 1. The lowest BCUT2D eigenvalue weighted by Crippen LogP contribution is -2.32. The monoisotopic (exact) mass is 329 g/mol. The Balaban J connectivity index is 2.68. The molecule has 0 aliphatic rings. The fraction of sp³-hybridized carbons (Fsp3) is 0.500. The van der Waals surface area contributed by atoms with Gasteiger partial charge < -0.3 is 10.1 Å². The molecular formula is C14H23N3O4S. The first-order chi connectivity index (χ1) is 9.99. The zero-order chi connectivity index (χ0) is 17.0. The lowest BCUT2D eigenvalue weighted by Gasteiger charge is -2.19. The van der Waals surface area contributed by atoms with Crippen LogP contribution in [0.1, 0.15) is 26.3 Å². The average molecular weight is 329 g/mol. The predicted molar refractivity (Wildman–Crippen MR) is 85.7 cm³/mol. The normalized spacial score (nSPS) is 12.1. The number of anilines is 1. The van der Waals surface area contributed by atoms with Gasteiger partial charge in [-0.05, 0) is 38.5 Å². The minimum Gasteiger partial charge on any atom is -0.444 e. The first-order valence-corrected chi connectivity index (χ1v) is 8.20. The summed E-state index contributed by atoms with van der Waals surface area (Å²) in [6.07, 6.45) is -0.522. The van der Waals surface area contributed by atoms with Gasteiger partial charge in [-0.15, -0.1) is 0 Å². The van der Waals surface area contributed by atoms with E-state index in [9.17, 15) is 13.2 Å². The number of benzene rings is 1. The third-order valence-electron chi connectivity index (χ3n) is 2.49. The van der Waals surface area contributed by atoms with Crippen molar-refractivity contribution in [1.82, 2.24) is 9.62 Å². The van der Waals surface area contributed by atoms with E-state index in [1.54, 1.807) is 45.0 Å². The van der Waals surface area contributed by atoms with E-state index in [4.69, 9.17) is 4.74 Å². The van der Waals surface area contributed by atoms with Crippen molar-refractivity contribution in [2.24, 2.45) is 0 Å². The van der Waals surface area contributed by atoms with Gasteiger partial charge in [0.05, 0.1) is 5.69 Å². The van der Waals surface area contributed by atoms with Crippen LogP contribution in [0.15, 0.2) is 24.3 Å². The van der Waals surface area contributed by atoms with Crippen molar-refractivity contribution < 1.29 is 17.9 Å². The Morgan fingerprint density at radius 1 is 1.27 bits per heavy atom. The van der Waals surface area contributed by atoms with Crippen LogP contribution in [-0.4, -0.2) is 38.5 Å². The molecule has 7 nitrogen and oxygen atoms in total. The summed E-state index contributed by atoms with van der Waals surface area (Å²) in [4.78, 5) is 11.6. The lowest BCUT2D eigenvalue weighted by atomic mass is 10.2. The minimum atomic E-state index is -3.55. The van der Waals surface area contributed by atoms with Gasteiger partial charge in [0, 0.05) is 20.6 Å². The fourth-order valence-electron chi connectivity index (χ4n) is 1.47. The van der Waals surface area contributed by atoms with Crippen LogP contribution < -0.4 is 10.0 Å². The Morgan fingerprint density at radius 3 is 2.45 bits per heavy atom. The maximum Gasteiger partial charge on any atom is 0.407 e. The number of hydrogen-bond donors (Lipinski definition) is 2. The van der Waals surface area contributed by atoms with Gasteiger partial charge >= 0.3 is 16.3 Å². The second-order valence-corrected chi connectivity index (χ2v) is 7.83. The third kappa shape index (κ3) is 6.31. The largest absolute Gasteiger partial charge is 0.444 e. The summed E-state index contributed by atoms with van der Waals surface area (Å²) in [6, 6.07) is 6.78. The van der Waals surface area contributed by atoms with E-state index in [2.05, 4.69) is 10.0 Å². The highest BCUT2D eigenvalue weighted by molar-refractivity contribution is 7.90. The summed E-state index contributed by atoms with van der Waals surface area (Å²) in [5.41, 5.74) is 0.620. The molecule has 124 valence electrons. The van der Waals surface area contributed by atoms with E-state index in [1.165, 1.54) is 14.1 Å². The van der Waals surface area contributed by atoms with Crippen molar-refractivity contribution in [2.45, 2.75) is 32.9 Å². The summed E-state index contributed by atoms with van der Waals surface area (Å²) in [6.45, 7) is 5.59. The second kappa shape index (κ2) is 6.97. The SMILES string of the molecule is CN(C)S(=O)(=O)Nc1cccc(CNC(=O)OC(C)(C)C)c1. The molecule has 1 aromatic rings. The molecule has 0 saturated heterocycles. The molecule has 0 aromatic heterocycles. The van der Waals surface area contributed by atoms with E-state index in [0.29, 0.717) is 5.69 Å². The highest BCUT2D eigenvalue weighted by Crippen LogP contribution is 2.13. The zero-order valence-corrected chi connectivity index (χ0v) is 14.3. The second-order valence-electron chi connectivity index (χ2n) is 5.95. The highest BCUT2D eigenvalue weighted by atomic mass is 32.2. The van der Waals surface area contributed by atoms with Crippen LogP contribution in [0.25, 0.3) is 0 Å². The van der Waals surface area contributed by atoms with Crippen LogP contribution in [0, 0.1) is 0 Å². The van der Waals surface area contributed by atoms with Crippen molar-refractivity contribution in [3.63, 3.8) is 0 Å². The summed E-state index contributed by atoms with van der Waals surface area (Å²) >= 11 is 0. The van der Waals surface area contributed by atoms with E-state index in [-0.39, 0.29) is 6.54 Å². The topological polar surface area (TPSA) is 87.7 Å². The molecule has 0 fully saturated rings. The molecule has 1 rings (SSSR count). The van der Waals surface area contributed by atoms with Crippen LogP contribution in [0.4, 0.5) is 10.5 Å². The molecule has 2 N–H and O–H groups in total. The molecule has 0 aliphatic carbocycles. The van der Waals surface area contributed by atoms with Gasteiger partial charge in [-0.1, -0.05) is 12.1 Å². The van der Waals surface area contributed by atoms with Crippen molar-refractivity contribution in [1.29, 1.82) is 0 Å². The molecule has 0 unspecified atom stereocenters. The van der Waals surface area contributed by atoms with Gasteiger partial charge in [0.1, 0.15) is 5.60 Å². The lowest BCUT2D eigenvalue weighted by molar-refractivity contribution is 0.0523. The van der Waals surface area contributed by atoms with Gasteiger partial charge in [-0.2, -0.15) is 12.7 Å². The van der Waals surface area contributed by atoms with Crippen LogP contribution in [0.2, 0.25) is 0 Å². The molecule has 0 spiro atoms. The summed E-state index contributed by atoms with van der Waals surface area (Å²) in [5, 5.41) is 2.62. The molecule has 0 saturated carbocycles. The zero-order valence-electron chi connectivity index (χ0n) is 13.5. The predicted octanol–water partition coefficient (Wildman–Crippen LogP) is 1.93. The molecule has 1 aromatic carbocycles. The molecule has 1 amide bonds. The first kappa shape index (κ1) is 18.2. The number of nitrogens with one attached hydrogen (secondary N) is 2. The van der Waals surface area contributed by atoms with E-state index >= 15 is 0 Å². The molecule has 0 heterocycles. The van der Waals surface area contributed by atoms with E-state index in [0.717, 1.165) is 9.87 Å². The van der Waals surface area contributed by atoms with Gasteiger partial charge in [0.2, 0.25) is 0 Å².